The molecule has 1 fully saturated rings. The summed E-state index contributed by atoms with van der Waals surface area (Å²) in [5.41, 5.74) is 7.20. The number of hydrogen-bond acceptors (Lipinski definition) is 2. The monoisotopic (exact) mass is 221 g/mol. The van der Waals surface area contributed by atoms with Crippen molar-refractivity contribution in [2.24, 2.45) is 12.5 Å². The maximum atomic E-state index is 11.9. The van der Waals surface area contributed by atoms with Crippen molar-refractivity contribution in [2.75, 3.05) is 12.3 Å². The number of aryl methyl sites for hydroxylation is 1. The molecule has 0 spiro atoms. The minimum Gasteiger partial charge on any atom is -0.397 e. The number of rotatable bonds is 3. The Kier molecular flexibility index (Phi) is 2.66. The third-order valence-corrected chi connectivity index (χ3v) is 3.50. The van der Waals surface area contributed by atoms with Gasteiger partial charge < -0.3 is 15.6 Å². The zero-order valence-electron chi connectivity index (χ0n) is 9.92. The molecule has 88 valence electrons. The lowest BCUT2D eigenvalue weighted by molar-refractivity contribution is 0.0883. The predicted octanol–water partition coefficient (Wildman–Crippen LogP) is 1.53. The molecular formula is C12H19N3O. The molecule has 1 saturated carbocycles. The van der Waals surface area contributed by atoms with E-state index < -0.39 is 0 Å². The Morgan fingerprint density at radius 1 is 1.62 bits per heavy atom. The van der Waals surface area contributed by atoms with Gasteiger partial charge in [0.05, 0.1) is 5.69 Å². The van der Waals surface area contributed by atoms with E-state index in [0.717, 1.165) is 6.54 Å². The predicted molar refractivity (Wildman–Crippen MR) is 64.1 cm³/mol. The minimum absolute atomic E-state index is 0.0349. The molecule has 1 amide bonds. The van der Waals surface area contributed by atoms with Crippen LogP contribution in [0.15, 0.2) is 12.3 Å². The first-order valence-corrected chi connectivity index (χ1v) is 5.70. The normalized spacial score (nSPS) is 17.9. The van der Waals surface area contributed by atoms with Crippen molar-refractivity contribution in [3.63, 3.8) is 0 Å². The standard InChI is InChI=1S/C12H19N3O/c1-12(4-3-5-12)8-14-11(16)10-6-9(13)7-15(10)2/h6-7H,3-5,8,13H2,1-2H3,(H,14,16). The molecule has 0 unspecified atom stereocenters. The van der Waals surface area contributed by atoms with E-state index >= 15 is 0 Å². The molecule has 0 aliphatic heterocycles. The Hall–Kier alpha value is -1.45. The summed E-state index contributed by atoms with van der Waals surface area (Å²) in [6.45, 7) is 2.98. The first-order chi connectivity index (χ1) is 7.50. The Morgan fingerprint density at radius 2 is 2.31 bits per heavy atom. The summed E-state index contributed by atoms with van der Waals surface area (Å²) in [5.74, 6) is -0.0349. The van der Waals surface area contributed by atoms with Gasteiger partial charge in [0, 0.05) is 19.8 Å². The lowest BCUT2D eigenvalue weighted by Crippen LogP contribution is -2.40. The molecule has 0 radical (unpaired) electrons. The van der Waals surface area contributed by atoms with Crippen molar-refractivity contribution < 1.29 is 4.79 Å². The number of carbonyl (C=O) groups is 1. The highest BCUT2D eigenvalue weighted by Gasteiger charge is 2.32. The van der Waals surface area contributed by atoms with Gasteiger partial charge in [0.25, 0.3) is 5.91 Å². The van der Waals surface area contributed by atoms with Gasteiger partial charge in [-0.25, -0.2) is 0 Å². The van der Waals surface area contributed by atoms with E-state index in [4.69, 9.17) is 5.73 Å². The molecule has 1 aliphatic rings. The molecule has 3 N–H and O–H groups in total. The number of amides is 1. The largest absolute Gasteiger partial charge is 0.397 e. The third-order valence-electron chi connectivity index (χ3n) is 3.50. The highest BCUT2D eigenvalue weighted by atomic mass is 16.1. The fraction of sp³-hybridized carbons (Fsp3) is 0.583. The molecule has 1 aromatic heterocycles. The molecule has 1 heterocycles. The molecule has 0 aromatic carbocycles. The van der Waals surface area contributed by atoms with Crippen LogP contribution in [0, 0.1) is 5.41 Å². The highest BCUT2D eigenvalue weighted by molar-refractivity contribution is 5.93. The third kappa shape index (κ3) is 2.05. The number of anilines is 1. The number of nitrogens with two attached hydrogens (primary N) is 1. The number of carbonyl (C=O) groups excluding carboxylic acids is 1. The van der Waals surface area contributed by atoms with E-state index in [1.165, 1.54) is 19.3 Å². The average Bonchev–Trinajstić information content (AvgIpc) is 2.51. The SMILES string of the molecule is Cn1cc(N)cc1C(=O)NCC1(C)CCC1. The van der Waals surface area contributed by atoms with Gasteiger partial charge in [0.15, 0.2) is 0 Å². The van der Waals surface area contributed by atoms with E-state index in [1.807, 2.05) is 7.05 Å². The molecule has 4 heteroatoms. The van der Waals surface area contributed by atoms with Gasteiger partial charge in [-0.1, -0.05) is 13.3 Å². The Morgan fingerprint density at radius 3 is 2.75 bits per heavy atom. The summed E-state index contributed by atoms with van der Waals surface area (Å²) in [7, 11) is 1.83. The summed E-state index contributed by atoms with van der Waals surface area (Å²) in [5, 5.41) is 2.98. The maximum absolute atomic E-state index is 11.9. The Labute approximate surface area is 95.8 Å². The average molecular weight is 221 g/mol. The molecule has 0 atom stereocenters. The van der Waals surface area contributed by atoms with E-state index in [-0.39, 0.29) is 5.91 Å². The van der Waals surface area contributed by atoms with Crippen LogP contribution in [-0.4, -0.2) is 17.0 Å². The van der Waals surface area contributed by atoms with Crippen LogP contribution in [0.25, 0.3) is 0 Å². The topological polar surface area (TPSA) is 60.0 Å². The van der Waals surface area contributed by atoms with Crippen molar-refractivity contribution in [1.29, 1.82) is 0 Å². The van der Waals surface area contributed by atoms with Gasteiger partial charge in [-0.2, -0.15) is 0 Å². The van der Waals surface area contributed by atoms with Crippen LogP contribution in [0.2, 0.25) is 0 Å². The van der Waals surface area contributed by atoms with Crippen molar-refractivity contribution in [1.82, 2.24) is 9.88 Å². The van der Waals surface area contributed by atoms with Crippen LogP contribution < -0.4 is 11.1 Å². The van der Waals surface area contributed by atoms with E-state index in [1.54, 1.807) is 16.8 Å². The molecule has 1 aliphatic carbocycles. The van der Waals surface area contributed by atoms with Gasteiger partial charge in [-0.05, 0) is 24.3 Å². The number of hydrogen-bond donors (Lipinski definition) is 2. The molecule has 16 heavy (non-hydrogen) atoms. The molecule has 2 rings (SSSR count). The van der Waals surface area contributed by atoms with Crippen LogP contribution in [0.3, 0.4) is 0 Å². The van der Waals surface area contributed by atoms with Crippen molar-refractivity contribution >= 4 is 11.6 Å². The maximum Gasteiger partial charge on any atom is 0.267 e. The first-order valence-electron chi connectivity index (χ1n) is 5.70. The number of nitrogen functional groups attached to an aromatic ring is 1. The van der Waals surface area contributed by atoms with E-state index in [0.29, 0.717) is 16.8 Å². The highest BCUT2D eigenvalue weighted by Crippen LogP contribution is 2.39. The fourth-order valence-corrected chi connectivity index (χ4v) is 2.16. The van der Waals surface area contributed by atoms with Crippen LogP contribution >= 0.6 is 0 Å². The minimum atomic E-state index is -0.0349. The van der Waals surface area contributed by atoms with Crippen molar-refractivity contribution in [3.8, 4) is 0 Å². The summed E-state index contributed by atoms with van der Waals surface area (Å²) >= 11 is 0. The van der Waals surface area contributed by atoms with Gasteiger partial charge in [-0.3, -0.25) is 4.79 Å². The first kappa shape index (κ1) is 11.0. The molecular weight excluding hydrogens is 202 g/mol. The quantitative estimate of drug-likeness (QED) is 0.813. The second-order valence-electron chi connectivity index (χ2n) is 5.12. The van der Waals surface area contributed by atoms with Gasteiger partial charge in [0.1, 0.15) is 5.69 Å². The zero-order chi connectivity index (χ0) is 11.8. The van der Waals surface area contributed by atoms with Crippen LogP contribution in [0.1, 0.15) is 36.7 Å². The van der Waals surface area contributed by atoms with Crippen LogP contribution in [0.5, 0.6) is 0 Å². The zero-order valence-corrected chi connectivity index (χ0v) is 9.92. The fourth-order valence-electron chi connectivity index (χ4n) is 2.16. The summed E-state index contributed by atoms with van der Waals surface area (Å²) in [4.78, 5) is 11.9. The van der Waals surface area contributed by atoms with E-state index in [9.17, 15) is 4.79 Å². The Bertz CT molecular complexity index is 404. The second kappa shape index (κ2) is 3.85. The molecule has 0 bridgehead atoms. The van der Waals surface area contributed by atoms with Gasteiger partial charge in [-0.15, -0.1) is 0 Å². The summed E-state index contributed by atoms with van der Waals surface area (Å²) in [6.07, 6.45) is 5.45. The summed E-state index contributed by atoms with van der Waals surface area (Å²) in [6, 6.07) is 1.71. The lowest BCUT2D eigenvalue weighted by atomic mass is 9.70. The molecule has 0 saturated heterocycles. The van der Waals surface area contributed by atoms with Crippen molar-refractivity contribution in [2.45, 2.75) is 26.2 Å². The number of aromatic nitrogens is 1. The number of nitrogens with zero attached hydrogens (tertiary/aromatic N) is 1. The number of nitrogens with one attached hydrogen (secondary N) is 1. The smallest absolute Gasteiger partial charge is 0.267 e. The molecule has 4 nitrogen and oxygen atoms in total. The Balaban J connectivity index is 1.95. The summed E-state index contributed by atoms with van der Waals surface area (Å²) < 4.78 is 1.76. The molecule has 1 aromatic rings. The van der Waals surface area contributed by atoms with Crippen molar-refractivity contribution in [3.05, 3.63) is 18.0 Å². The van der Waals surface area contributed by atoms with Crippen LogP contribution in [-0.2, 0) is 7.05 Å². The lowest BCUT2D eigenvalue weighted by Gasteiger charge is -2.38. The van der Waals surface area contributed by atoms with Gasteiger partial charge in [0.2, 0.25) is 0 Å². The second-order valence-corrected chi connectivity index (χ2v) is 5.12. The van der Waals surface area contributed by atoms with E-state index in [2.05, 4.69) is 12.2 Å². The van der Waals surface area contributed by atoms with Gasteiger partial charge >= 0.3 is 0 Å². The van der Waals surface area contributed by atoms with Crippen LogP contribution in [0.4, 0.5) is 5.69 Å².